The van der Waals surface area contributed by atoms with E-state index in [1.54, 1.807) is 18.2 Å². The normalized spacial score (nSPS) is 17.2. The molecule has 1 aliphatic heterocycles. The number of carbonyl (C=O) groups is 3. The van der Waals surface area contributed by atoms with Crippen LogP contribution in [0.5, 0.6) is 0 Å². The zero-order valence-corrected chi connectivity index (χ0v) is 13.5. The summed E-state index contributed by atoms with van der Waals surface area (Å²) in [5.74, 6) is -1.70. The number of nitrogens with zero attached hydrogens (tertiary/aromatic N) is 1. The van der Waals surface area contributed by atoms with Crippen LogP contribution in [-0.2, 0) is 4.79 Å². The number of amides is 2. The Hall–Kier alpha value is -2.80. The lowest BCUT2D eigenvalue weighted by molar-refractivity contribution is -0.255. The highest BCUT2D eigenvalue weighted by Crippen LogP contribution is 2.32. The molecule has 24 heavy (non-hydrogen) atoms. The number of carbonyl (C=O) groups excluding carboxylic acids is 3. The molecule has 1 heterocycles. The highest BCUT2D eigenvalue weighted by molar-refractivity contribution is 8.16. The second-order valence-electron chi connectivity index (χ2n) is 5.29. The van der Waals surface area contributed by atoms with E-state index in [1.807, 2.05) is 19.1 Å². The summed E-state index contributed by atoms with van der Waals surface area (Å²) in [6.45, 7) is 1.92. The van der Waals surface area contributed by atoms with E-state index in [4.69, 9.17) is 0 Å². The maximum Gasteiger partial charge on any atom is 0.295 e. The van der Waals surface area contributed by atoms with E-state index in [1.165, 1.54) is 18.2 Å². The predicted octanol–water partition coefficient (Wildman–Crippen LogP) is 2.00. The molecule has 2 amide bonds. The number of aromatic carboxylic acids is 1. The van der Waals surface area contributed by atoms with Gasteiger partial charge in [-0.25, -0.2) is 4.90 Å². The van der Waals surface area contributed by atoms with Gasteiger partial charge in [-0.1, -0.05) is 29.8 Å². The Morgan fingerprint density at radius 3 is 2.54 bits per heavy atom. The minimum absolute atomic E-state index is 0.00263. The molecular formula is C17H13N2O4S-. The Balaban J connectivity index is 1.80. The van der Waals surface area contributed by atoms with Gasteiger partial charge in [-0.3, -0.25) is 9.59 Å². The molecule has 0 aliphatic carbocycles. The number of carboxylic acids is 1. The van der Waals surface area contributed by atoms with Crippen LogP contribution in [0.25, 0.3) is 0 Å². The zero-order valence-electron chi connectivity index (χ0n) is 12.7. The third-order valence-corrected chi connectivity index (χ3v) is 4.47. The molecule has 0 bridgehead atoms. The molecule has 7 heteroatoms. The molecule has 0 saturated carbocycles. The third-order valence-electron chi connectivity index (χ3n) is 3.53. The van der Waals surface area contributed by atoms with Crippen LogP contribution < -0.4 is 15.3 Å². The van der Waals surface area contributed by atoms with Crippen LogP contribution >= 0.6 is 11.8 Å². The van der Waals surface area contributed by atoms with Crippen molar-refractivity contribution < 1.29 is 19.5 Å². The molecule has 122 valence electrons. The molecular weight excluding hydrogens is 328 g/mol. The first-order valence-electron chi connectivity index (χ1n) is 7.15. The van der Waals surface area contributed by atoms with Crippen LogP contribution in [0.3, 0.4) is 0 Å². The molecule has 1 fully saturated rings. The molecule has 1 unspecified atom stereocenters. The first-order chi connectivity index (χ1) is 11.5. The third kappa shape index (κ3) is 3.11. The van der Waals surface area contributed by atoms with Crippen molar-refractivity contribution in [2.75, 3.05) is 10.2 Å². The summed E-state index contributed by atoms with van der Waals surface area (Å²) in [6, 6.07) is 13.0. The number of benzene rings is 2. The number of carboxylic acid groups (broad SMARTS) is 1. The van der Waals surface area contributed by atoms with Gasteiger partial charge >= 0.3 is 0 Å². The van der Waals surface area contributed by atoms with E-state index in [-0.39, 0.29) is 10.8 Å². The molecule has 0 spiro atoms. The first kappa shape index (κ1) is 16.1. The molecule has 0 radical (unpaired) electrons. The Kier molecular flexibility index (Phi) is 4.26. The summed E-state index contributed by atoms with van der Waals surface area (Å²) in [5.41, 5.74) is 1.97. The van der Waals surface area contributed by atoms with E-state index in [0.717, 1.165) is 22.2 Å². The molecule has 1 saturated heterocycles. The summed E-state index contributed by atoms with van der Waals surface area (Å²) < 4.78 is 0. The van der Waals surface area contributed by atoms with Gasteiger partial charge in [0.05, 0.1) is 11.7 Å². The SMILES string of the molecule is Cc1ccc(N2C(=O)SC(Nc3cccc(C(=O)[O-])c3)C2=O)cc1. The monoisotopic (exact) mass is 341 g/mol. The number of rotatable bonds is 4. The van der Waals surface area contributed by atoms with Gasteiger partial charge in [0.15, 0.2) is 5.37 Å². The number of imide groups is 1. The number of nitrogens with one attached hydrogen (secondary N) is 1. The summed E-state index contributed by atoms with van der Waals surface area (Å²) in [6.07, 6.45) is 0. The Morgan fingerprint density at radius 1 is 1.17 bits per heavy atom. The van der Waals surface area contributed by atoms with Gasteiger partial charge in [0.25, 0.3) is 11.1 Å². The van der Waals surface area contributed by atoms with Crippen LogP contribution in [0, 0.1) is 6.92 Å². The standard InChI is InChI=1S/C17H14N2O4S/c1-10-5-7-13(8-6-10)19-15(20)14(24-17(19)23)18-12-4-2-3-11(9-12)16(21)22/h2-9,14,18H,1H3,(H,21,22)/p-1. The van der Waals surface area contributed by atoms with Crippen molar-refractivity contribution in [1.29, 1.82) is 0 Å². The van der Waals surface area contributed by atoms with E-state index in [0.29, 0.717) is 11.4 Å². The molecule has 1 N–H and O–H groups in total. The molecule has 0 aromatic heterocycles. The van der Waals surface area contributed by atoms with Gasteiger partial charge in [0.1, 0.15) is 0 Å². The summed E-state index contributed by atoms with van der Waals surface area (Å²) in [5, 5.41) is 12.6. The molecule has 6 nitrogen and oxygen atoms in total. The number of thioether (sulfide) groups is 1. The van der Waals surface area contributed by atoms with Crippen LogP contribution in [0.15, 0.2) is 48.5 Å². The highest BCUT2D eigenvalue weighted by Gasteiger charge is 2.40. The highest BCUT2D eigenvalue weighted by atomic mass is 32.2. The van der Waals surface area contributed by atoms with Crippen molar-refractivity contribution in [3.8, 4) is 0 Å². The second-order valence-corrected chi connectivity index (χ2v) is 6.34. The van der Waals surface area contributed by atoms with Crippen molar-refractivity contribution in [2.24, 2.45) is 0 Å². The van der Waals surface area contributed by atoms with Gasteiger partial charge in [-0.2, -0.15) is 0 Å². The largest absolute Gasteiger partial charge is 0.545 e. The van der Waals surface area contributed by atoms with Crippen LogP contribution in [0.2, 0.25) is 0 Å². The summed E-state index contributed by atoms with van der Waals surface area (Å²) in [7, 11) is 0. The van der Waals surface area contributed by atoms with Gasteiger partial charge in [0, 0.05) is 5.69 Å². The number of hydrogen-bond donors (Lipinski definition) is 1. The maximum absolute atomic E-state index is 12.5. The smallest absolute Gasteiger partial charge is 0.295 e. The van der Waals surface area contributed by atoms with Crippen molar-refractivity contribution >= 4 is 40.3 Å². The van der Waals surface area contributed by atoms with E-state index in [9.17, 15) is 19.5 Å². The van der Waals surface area contributed by atoms with E-state index in [2.05, 4.69) is 5.32 Å². The molecule has 3 rings (SSSR count). The fourth-order valence-corrected chi connectivity index (χ4v) is 3.22. The fourth-order valence-electron chi connectivity index (χ4n) is 2.32. The molecule has 1 aliphatic rings. The zero-order chi connectivity index (χ0) is 17.3. The minimum atomic E-state index is -1.30. The van der Waals surface area contributed by atoms with Gasteiger partial charge in [-0.05, 0) is 48.5 Å². The van der Waals surface area contributed by atoms with Crippen LogP contribution in [0.4, 0.5) is 16.2 Å². The van der Waals surface area contributed by atoms with Crippen LogP contribution in [0.1, 0.15) is 15.9 Å². The quantitative estimate of drug-likeness (QED) is 0.915. The molecule has 2 aromatic rings. The van der Waals surface area contributed by atoms with Crippen molar-refractivity contribution in [3.63, 3.8) is 0 Å². The Morgan fingerprint density at radius 2 is 1.88 bits per heavy atom. The predicted molar refractivity (Wildman–Crippen MR) is 89.8 cm³/mol. The molecule has 1 atom stereocenters. The number of hydrogen-bond acceptors (Lipinski definition) is 6. The lowest BCUT2D eigenvalue weighted by atomic mass is 10.2. The van der Waals surface area contributed by atoms with Gasteiger partial charge < -0.3 is 15.2 Å². The fraction of sp³-hybridized carbons (Fsp3) is 0.118. The average Bonchev–Trinajstić information content (AvgIpc) is 2.83. The summed E-state index contributed by atoms with van der Waals surface area (Å²) in [4.78, 5) is 36.7. The van der Waals surface area contributed by atoms with Gasteiger partial charge in [0.2, 0.25) is 0 Å². The Labute approximate surface area is 142 Å². The number of aryl methyl sites for hydroxylation is 1. The van der Waals surface area contributed by atoms with Crippen molar-refractivity contribution in [3.05, 3.63) is 59.7 Å². The van der Waals surface area contributed by atoms with Crippen molar-refractivity contribution in [2.45, 2.75) is 12.3 Å². The van der Waals surface area contributed by atoms with E-state index >= 15 is 0 Å². The van der Waals surface area contributed by atoms with Crippen molar-refractivity contribution in [1.82, 2.24) is 0 Å². The molecule has 2 aromatic carbocycles. The summed E-state index contributed by atoms with van der Waals surface area (Å²) >= 11 is 0.853. The minimum Gasteiger partial charge on any atom is -0.545 e. The van der Waals surface area contributed by atoms with Crippen LogP contribution in [-0.4, -0.2) is 22.5 Å². The van der Waals surface area contributed by atoms with E-state index < -0.39 is 17.3 Å². The topological polar surface area (TPSA) is 89.5 Å². The maximum atomic E-state index is 12.5. The Bertz CT molecular complexity index is 820. The first-order valence-corrected chi connectivity index (χ1v) is 8.03. The second kappa shape index (κ2) is 6.37. The lowest BCUT2D eigenvalue weighted by Crippen LogP contribution is -2.34. The van der Waals surface area contributed by atoms with Gasteiger partial charge in [-0.15, -0.1) is 0 Å². The average molecular weight is 341 g/mol. The number of anilines is 2. The lowest BCUT2D eigenvalue weighted by Gasteiger charge is -2.15.